The van der Waals surface area contributed by atoms with Crippen LogP contribution in [0.2, 0.25) is 0 Å². The summed E-state index contributed by atoms with van der Waals surface area (Å²) in [7, 11) is 0. The van der Waals surface area contributed by atoms with E-state index in [1.54, 1.807) is 11.0 Å². The first-order valence-electron chi connectivity index (χ1n) is 7.26. The number of aromatic nitrogens is 5. The highest BCUT2D eigenvalue weighted by Gasteiger charge is 2.28. The first-order valence-corrected chi connectivity index (χ1v) is 7.26. The van der Waals surface area contributed by atoms with E-state index < -0.39 is 0 Å². The third kappa shape index (κ3) is 3.27. The molecule has 0 aliphatic carbocycles. The fraction of sp³-hybridized carbons (Fsp3) is 0.692. The Bertz CT molecular complexity index is 555. The van der Waals surface area contributed by atoms with E-state index in [4.69, 9.17) is 9.26 Å². The minimum atomic E-state index is 0.0940. The monoisotopic (exact) mass is 292 g/mol. The fourth-order valence-corrected chi connectivity index (χ4v) is 2.48. The van der Waals surface area contributed by atoms with Gasteiger partial charge < -0.3 is 9.26 Å². The largest absolute Gasteiger partial charge is 0.374 e. The molecule has 1 saturated heterocycles. The quantitative estimate of drug-likeness (QED) is 0.801. The molecule has 1 aliphatic heterocycles. The lowest BCUT2D eigenvalue weighted by atomic mass is 10.2. The Balaban J connectivity index is 1.62. The molecule has 0 spiro atoms. The van der Waals surface area contributed by atoms with Crippen LogP contribution in [0.5, 0.6) is 0 Å². The van der Waals surface area contributed by atoms with Gasteiger partial charge in [-0.25, -0.2) is 4.98 Å². The second kappa shape index (κ2) is 6.31. The van der Waals surface area contributed by atoms with Gasteiger partial charge in [0.25, 0.3) is 0 Å². The summed E-state index contributed by atoms with van der Waals surface area (Å²) in [6, 6.07) is 0.0972. The number of ether oxygens (including phenoxy) is 1. The lowest BCUT2D eigenvalue weighted by molar-refractivity contribution is -0.0532. The summed E-state index contributed by atoms with van der Waals surface area (Å²) in [6.07, 6.45) is 4.12. The summed E-state index contributed by atoms with van der Waals surface area (Å²) in [5.74, 6) is 1.43. The van der Waals surface area contributed by atoms with E-state index in [-0.39, 0.29) is 12.1 Å². The second-order valence-corrected chi connectivity index (χ2v) is 5.18. The predicted octanol–water partition coefficient (Wildman–Crippen LogP) is 0.685. The van der Waals surface area contributed by atoms with E-state index in [0.717, 1.165) is 25.3 Å². The molecule has 8 nitrogen and oxygen atoms in total. The average molecular weight is 292 g/mol. The zero-order chi connectivity index (χ0) is 14.7. The standard InChI is InChI=1S/C13H20N6O2/c1-3-12-16-13(21-17-12)10(2)18-4-5-20-11(6-18)7-19-9-14-8-15-19/h8-11H,3-7H2,1-2H3/t10-,11-/m1/s1. The van der Waals surface area contributed by atoms with Crippen molar-refractivity contribution in [1.29, 1.82) is 0 Å². The molecule has 2 aromatic heterocycles. The molecule has 0 amide bonds. The molecule has 2 aromatic rings. The van der Waals surface area contributed by atoms with E-state index in [0.29, 0.717) is 19.0 Å². The van der Waals surface area contributed by atoms with Crippen LogP contribution in [0.3, 0.4) is 0 Å². The highest BCUT2D eigenvalue weighted by Crippen LogP contribution is 2.21. The molecule has 21 heavy (non-hydrogen) atoms. The maximum Gasteiger partial charge on any atom is 0.243 e. The minimum Gasteiger partial charge on any atom is -0.374 e. The van der Waals surface area contributed by atoms with Crippen LogP contribution in [0.1, 0.15) is 31.6 Å². The van der Waals surface area contributed by atoms with Crippen molar-refractivity contribution in [3.8, 4) is 0 Å². The lowest BCUT2D eigenvalue weighted by Crippen LogP contribution is -2.45. The Morgan fingerprint density at radius 3 is 3.10 bits per heavy atom. The zero-order valence-corrected chi connectivity index (χ0v) is 12.3. The minimum absolute atomic E-state index is 0.0940. The van der Waals surface area contributed by atoms with Gasteiger partial charge in [0, 0.05) is 19.5 Å². The molecule has 3 heterocycles. The number of hydrogen-bond donors (Lipinski definition) is 0. The molecule has 0 N–H and O–H groups in total. The van der Waals surface area contributed by atoms with Crippen LogP contribution < -0.4 is 0 Å². The van der Waals surface area contributed by atoms with Crippen LogP contribution in [0.4, 0.5) is 0 Å². The van der Waals surface area contributed by atoms with Crippen molar-refractivity contribution in [3.05, 3.63) is 24.4 Å². The molecule has 0 saturated carbocycles. The van der Waals surface area contributed by atoms with E-state index >= 15 is 0 Å². The van der Waals surface area contributed by atoms with Crippen LogP contribution in [0, 0.1) is 0 Å². The molecule has 1 fully saturated rings. The van der Waals surface area contributed by atoms with Gasteiger partial charge in [0.15, 0.2) is 5.82 Å². The van der Waals surface area contributed by atoms with Crippen molar-refractivity contribution >= 4 is 0 Å². The van der Waals surface area contributed by atoms with Gasteiger partial charge in [0.05, 0.1) is 25.3 Å². The number of hydrogen-bond acceptors (Lipinski definition) is 7. The molecule has 1 aliphatic rings. The Kier molecular flexibility index (Phi) is 4.26. The third-order valence-electron chi connectivity index (χ3n) is 3.73. The number of rotatable bonds is 5. The molecule has 3 rings (SSSR count). The molecule has 2 atom stereocenters. The van der Waals surface area contributed by atoms with Gasteiger partial charge in [-0.1, -0.05) is 12.1 Å². The van der Waals surface area contributed by atoms with Gasteiger partial charge in [0.1, 0.15) is 12.7 Å². The summed E-state index contributed by atoms with van der Waals surface area (Å²) in [6.45, 7) is 7.17. The second-order valence-electron chi connectivity index (χ2n) is 5.18. The molecule has 0 radical (unpaired) electrons. The molecule has 0 aromatic carbocycles. The van der Waals surface area contributed by atoms with E-state index in [1.165, 1.54) is 6.33 Å². The molecule has 0 unspecified atom stereocenters. The Morgan fingerprint density at radius 2 is 2.38 bits per heavy atom. The maximum absolute atomic E-state index is 5.80. The number of nitrogens with zero attached hydrogens (tertiary/aromatic N) is 6. The summed E-state index contributed by atoms with van der Waals surface area (Å²) in [5.41, 5.74) is 0. The maximum atomic E-state index is 5.80. The molecular formula is C13H20N6O2. The Hall–Kier alpha value is -1.80. The van der Waals surface area contributed by atoms with Gasteiger partial charge in [0.2, 0.25) is 5.89 Å². The van der Waals surface area contributed by atoms with Gasteiger partial charge in [-0.3, -0.25) is 9.58 Å². The first-order chi connectivity index (χ1) is 10.3. The summed E-state index contributed by atoms with van der Waals surface area (Å²) < 4.78 is 12.9. The summed E-state index contributed by atoms with van der Waals surface area (Å²) in [4.78, 5) is 10.7. The zero-order valence-electron chi connectivity index (χ0n) is 12.3. The van der Waals surface area contributed by atoms with Crippen molar-refractivity contribution < 1.29 is 9.26 Å². The van der Waals surface area contributed by atoms with Crippen molar-refractivity contribution in [3.63, 3.8) is 0 Å². The SMILES string of the molecule is CCc1noc([C@@H](C)N2CCO[C@@H](Cn3cncn3)C2)n1. The lowest BCUT2D eigenvalue weighted by Gasteiger charge is -2.35. The Morgan fingerprint density at radius 1 is 1.48 bits per heavy atom. The molecule has 0 bridgehead atoms. The normalized spacial score (nSPS) is 21.5. The summed E-state index contributed by atoms with van der Waals surface area (Å²) in [5, 5.41) is 8.08. The molecular weight excluding hydrogens is 272 g/mol. The van der Waals surface area contributed by atoms with Gasteiger partial charge >= 0.3 is 0 Å². The van der Waals surface area contributed by atoms with E-state index in [1.807, 2.05) is 6.92 Å². The van der Waals surface area contributed by atoms with Gasteiger partial charge in [-0.05, 0) is 6.92 Å². The van der Waals surface area contributed by atoms with Crippen molar-refractivity contribution in [1.82, 2.24) is 29.8 Å². The third-order valence-corrected chi connectivity index (χ3v) is 3.73. The van der Waals surface area contributed by atoms with Crippen LogP contribution in [0.25, 0.3) is 0 Å². The van der Waals surface area contributed by atoms with Crippen molar-refractivity contribution in [2.75, 3.05) is 19.7 Å². The first kappa shape index (κ1) is 14.2. The fourth-order valence-electron chi connectivity index (χ4n) is 2.48. The number of aryl methyl sites for hydroxylation is 1. The summed E-state index contributed by atoms with van der Waals surface area (Å²) >= 11 is 0. The molecule has 114 valence electrons. The van der Waals surface area contributed by atoms with Gasteiger partial charge in [-0.15, -0.1) is 0 Å². The highest BCUT2D eigenvalue weighted by atomic mass is 16.5. The van der Waals surface area contributed by atoms with Crippen LogP contribution >= 0.6 is 0 Å². The van der Waals surface area contributed by atoms with Crippen LogP contribution in [-0.2, 0) is 17.7 Å². The van der Waals surface area contributed by atoms with Gasteiger partial charge in [-0.2, -0.15) is 10.1 Å². The van der Waals surface area contributed by atoms with Crippen molar-refractivity contribution in [2.45, 2.75) is 39.0 Å². The van der Waals surface area contributed by atoms with Crippen LogP contribution in [0.15, 0.2) is 17.2 Å². The van der Waals surface area contributed by atoms with Crippen LogP contribution in [-0.4, -0.2) is 55.6 Å². The Labute approximate surface area is 123 Å². The van der Waals surface area contributed by atoms with E-state index in [9.17, 15) is 0 Å². The predicted molar refractivity (Wildman–Crippen MR) is 73.4 cm³/mol. The topological polar surface area (TPSA) is 82.1 Å². The van der Waals surface area contributed by atoms with E-state index in [2.05, 4.69) is 32.0 Å². The van der Waals surface area contributed by atoms with Crippen molar-refractivity contribution in [2.24, 2.45) is 0 Å². The molecule has 8 heteroatoms. The average Bonchev–Trinajstić information content (AvgIpc) is 3.17. The highest BCUT2D eigenvalue weighted by molar-refractivity contribution is 4.93. The smallest absolute Gasteiger partial charge is 0.243 e. The number of morpholine rings is 1.